The highest BCUT2D eigenvalue weighted by atomic mass is 16.2. The molecule has 0 aliphatic rings. The number of likely N-dealkylation sites (N-methyl/N-ethyl adjacent to an activating group) is 1. The van der Waals surface area contributed by atoms with Gasteiger partial charge in [0.2, 0.25) is 11.8 Å². The van der Waals surface area contributed by atoms with Crippen molar-refractivity contribution in [2.45, 2.75) is 19.9 Å². The van der Waals surface area contributed by atoms with Crippen molar-refractivity contribution < 1.29 is 14.4 Å². The minimum absolute atomic E-state index is 0.211. The summed E-state index contributed by atoms with van der Waals surface area (Å²) in [6.07, 6.45) is 0. The lowest BCUT2D eigenvalue weighted by atomic mass is 10.1. The number of hydrogen-bond acceptors (Lipinski definition) is 4. The maximum Gasteiger partial charge on any atom is 0.251 e. The molecule has 7 nitrogen and oxygen atoms in total. The summed E-state index contributed by atoms with van der Waals surface area (Å²) < 4.78 is 0. The van der Waals surface area contributed by atoms with Gasteiger partial charge in [-0.3, -0.25) is 14.4 Å². The molecule has 3 amide bonds. The van der Waals surface area contributed by atoms with Gasteiger partial charge >= 0.3 is 0 Å². The fourth-order valence-corrected chi connectivity index (χ4v) is 2.84. The first-order valence-electron chi connectivity index (χ1n) is 8.95. The molecule has 0 bridgehead atoms. The Morgan fingerprint density at radius 2 is 1.43 bits per heavy atom. The van der Waals surface area contributed by atoms with Crippen molar-refractivity contribution in [3.63, 3.8) is 0 Å². The summed E-state index contributed by atoms with van der Waals surface area (Å²) in [5.74, 6) is -0.822. The summed E-state index contributed by atoms with van der Waals surface area (Å²) in [5.41, 5.74) is 2.21. The molecule has 0 saturated heterocycles. The molecule has 2 aromatic rings. The number of anilines is 2. The normalized spacial score (nSPS) is 11.6. The van der Waals surface area contributed by atoms with Crippen LogP contribution in [0.3, 0.4) is 0 Å². The maximum atomic E-state index is 12.9. The molecule has 0 radical (unpaired) electrons. The lowest BCUT2D eigenvalue weighted by Crippen LogP contribution is -2.35. The molecule has 2 rings (SSSR count). The summed E-state index contributed by atoms with van der Waals surface area (Å²) in [5, 5.41) is 8.34. The third-order valence-corrected chi connectivity index (χ3v) is 3.89. The SMILES string of the molecule is CC(=O)Nc1cc(NC(C)=O)cc(C(=O)NC(CN(C)C)c2ccccc2)c1. The van der Waals surface area contributed by atoms with Gasteiger partial charge in [-0.1, -0.05) is 30.3 Å². The van der Waals surface area contributed by atoms with Crippen LogP contribution in [0.2, 0.25) is 0 Å². The van der Waals surface area contributed by atoms with E-state index in [4.69, 9.17) is 0 Å². The van der Waals surface area contributed by atoms with Gasteiger partial charge in [0.25, 0.3) is 5.91 Å². The highest BCUT2D eigenvalue weighted by molar-refractivity contribution is 6.00. The Labute approximate surface area is 165 Å². The predicted octanol–water partition coefficient (Wildman–Crippen LogP) is 2.64. The van der Waals surface area contributed by atoms with Crippen molar-refractivity contribution >= 4 is 29.1 Å². The average Bonchev–Trinajstić information content (AvgIpc) is 2.60. The van der Waals surface area contributed by atoms with Gasteiger partial charge in [-0.15, -0.1) is 0 Å². The Morgan fingerprint density at radius 3 is 1.89 bits per heavy atom. The Kier molecular flexibility index (Phi) is 7.28. The molecule has 0 fully saturated rings. The number of nitrogens with one attached hydrogen (secondary N) is 3. The molecule has 0 heterocycles. The van der Waals surface area contributed by atoms with E-state index in [-0.39, 0.29) is 23.8 Å². The largest absolute Gasteiger partial charge is 0.344 e. The molecular weight excluding hydrogens is 356 g/mol. The second kappa shape index (κ2) is 9.66. The molecule has 3 N–H and O–H groups in total. The monoisotopic (exact) mass is 382 g/mol. The van der Waals surface area contributed by atoms with E-state index in [0.29, 0.717) is 23.5 Å². The zero-order chi connectivity index (χ0) is 20.7. The predicted molar refractivity (Wildman–Crippen MR) is 110 cm³/mol. The summed E-state index contributed by atoms with van der Waals surface area (Å²) >= 11 is 0. The van der Waals surface area contributed by atoms with E-state index in [1.807, 2.05) is 49.3 Å². The lowest BCUT2D eigenvalue weighted by molar-refractivity contribution is -0.115. The van der Waals surface area contributed by atoms with Crippen LogP contribution in [0.4, 0.5) is 11.4 Å². The molecule has 1 unspecified atom stereocenters. The number of carbonyl (C=O) groups is 3. The fourth-order valence-electron chi connectivity index (χ4n) is 2.84. The zero-order valence-corrected chi connectivity index (χ0v) is 16.6. The van der Waals surface area contributed by atoms with Crippen LogP contribution >= 0.6 is 0 Å². The van der Waals surface area contributed by atoms with Crippen molar-refractivity contribution in [1.29, 1.82) is 0 Å². The van der Waals surface area contributed by atoms with E-state index < -0.39 is 0 Å². The van der Waals surface area contributed by atoms with Crippen LogP contribution in [0.25, 0.3) is 0 Å². The first-order chi connectivity index (χ1) is 13.2. The fraction of sp³-hybridized carbons (Fsp3) is 0.286. The van der Waals surface area contributed by atoms with E-state index in [9.17, 15) is 14.4 Å². The van der Waals surface area contributed by atoms with Gasteiger partial charge in [-0.2, -0.15) is 0 Å². The van der Waals surface area contributed by atoms with Crippen LogP contribution in [0.1, 0.15) is 35.8 Å². The van der Waals surface area contributed by atoms with Crippen molar-refractivity contribution in [2.75, 3.05) is 31.3 Å². The lowest BCUT2D eigenvalue weighted by Gasteiger charge is -2.23. The third-order valence-electron chi connectivity index (χ3n) is 3.89. The Morgan fingerprint density at radius 1 is 0.893 bits per heavy atom. The quantitative estimate of drug-likeness (QED) is 0.687. The van der Waals surface area contributed by atoms with E-state index >= 15 is 0 Å². The van der Waals surface area contributed by atoms with Crippen molar-refractivity contribution in [3.8, 4) is 0 Å². The summed E-state index contributed by atoms with van der Waals surface area (Å²) in [4.78, 5) is 37.7. The van der Waals surface area contributed by atoms with E-state index in [1.54, 1.807) is 18.2 Å². The average molecular weight is 382 g/mol. The molecular formula is C21H26N4O3. The molecule has 7 heteroatoms. The van der Waals surface area contributed by atoms with Crippen LogP contribution in [0.5, 0.6) is 0 Å². The smallest absolute Gasteiger partial charge is 0.251 e. The molecule has 0 spiro atoms. The molecule has 2 aromatic carbocycles. The van der Waals surface area contributed by atoms with Crippen molar-refractivity contribution in [1.82, 2.24) is 10.2 Å². The standard InChI is InChI=1S/C21H26N4O3/c1-14(26)22-18-10-17(11-19(12-18)23-15(2)27)21(28)24-20(13-25(3)4)16-8-6-5-7-9-16/h5-12,20H,13H2,1-4H3,(H,22,26)(H,23,27)(H,24,28). The van der Waals surface area contributed by atoms with E-state index in [1.165, 1.54) is 13.8 Å². The summed E-state index contributed by atoms with van der Waals surface area (Å²) in [6.45, 7) is 3.39. The zero-order valence-electron chi connectivity index (χ0n) is 16.6. The minimum Gasteiger partial charge on any atom is -0.344 e. The topological polar surface area (TPSA) is 90.5 Å². The summed E-state index contributed by atoms with van der Waals surface area (Å²) in [6, 6.07) is 14.3. The van der Waals surface area contributed by atoms with Gasteiger partial charge in [-0.25, -0.2) is 0 Å². The first kappa shape index (κ1) is 21.1. The highest BCUT2D eigenvalue weighted by Crippen LogP contribution is 2.21. The highest BCUT2D eigenvalue weighted by Gasteiger charge is 2.18. The molecule has 28 heavy (non-hydrogen) atoms. The van der Waals surface area contributed by atoms with Gasteiger partial charge in [0.05, 0.1) is 6.04 Å². The Bertz CT molecular complexity index is 816. The first-order valence-corrected chi connectivity index (χ1v) is 8.95. The second-order valence-corrected chi connectivity index (χ2v) is 6.86. The van der Waals surface area contributed by atoms with Gasteiger partial charge in [0.1, 0.15) is 0 Å². The second-order valence-electron chi connectivity index (χ2n) is 6.86. The number of carbonyl (C=O) groups excluding carboxylic acids is 3. The van der Waals surface area contributed by atoms with E-state index in [0.717, 1.165) is 5.56 Å². The number of benzene rings is 2. The van der Waals surface area contributed by atoms with Crippen LogP contribution in [-0.2, 0) is 9.59 Å². The van der Waals surface area contributed by atoms with Crippen LogP contribution in [0, 0.1) is 0 Å². The molecule has 148 valence electrons. The number of hydrogen-bond donors (Lipinski definition) is 3. The Hall–Kier alpha value is -3.19. The third kappa shape index (κ3) is 6.51. The van der Waals surface area contributed by atoms with E-state index in [2.05, 4.69) is 16.0 Å². The summed E-state index contributed by atoms with van der Waals surface area (Å²) in [7, 11) is 3.88. The van der Waals surface area contributed by atoms with Gasteiger partial charge in [0.15, 0.2) is 0 Å². The molecule has 0 aromatic heterocycles. The van der Waals surface area contributed by atoms with Gasteiger partial charge in [0, 0.05) is 37.3 Å². The van der Waals surface area contributed by atoms with Crippen molar-refractivity contribution in [3.05, 3.63) is 59.7 Å². The minimum atomic E-state index is -0.297. The molecule has 0 aliphatic carbocycles. The number of amides is 3. The molecule has 0 saturated carbocycles. The Balaban J connectivity index is 2.31. The van der Waals surface area contributed by atoms with Gasteiger partial charge < -0.3 is 20.9 Å². The van der Waals surface area contributed by atoms with Crippen LogP contribution in [0.15, 0.2) is 48.5 Å². The maximum absolute atomic E-state index is 12.9. The van der Waals surface area contributed by atoms with Crippen LogP contribution in [-0.4, -0.2) is 43.3 Å². The van der Waals surface area contributed by atoms with Crippen LogP contribution < -0.4 is 16.0 Å². The van der Waals surface area contributed by atoms with Gasteiger partial charge in [-0.05, 0) is 37.9 Å². The molecule has 1 atom stereocenters. The van der Waals surface area contributed by atoms with Crippen molar-refractivity contribution in [2.24, 2.45) is 0 Å². The number of nitrogens with zero attached hydrogens (tertiary/aromatic N) is 1. The number of rotatable bonds is 7. The molecule has 0 aliphatic heterocycles.